The Labute approximate surface area is 124 Å². The molecule has 0 aliphatic rings. The van der Waals surface area contributed by atoms with Gasteiger partial charge < -0.3 is 10.7 Å². The number of anilines is 3. The smallest absolute Gasteiger partial charge is 0.311 e. The topological polar surface area (TPSA) is 130 Å². The van der Waals surface area contributed by atoms with Crippen LogP contribution < -0.4 is 16.6 Å². The predicted molar refractivity (Wildman–Crippen MR) is 78.2 cm³/mol. The van der Waals surface area contributed by atoms with Crippen molar-refractivity contribution >= 4 is 34.6 Å². The van der Waals surface area contributed by atoms with Crippen molar-refractivity contribution in [3.05, 3.63) is 51.0 Å². The van der Waals surface area contributed by atoms with E-state index in [0.717, 1.165) is 0 Å². The third kappa shape index (κ3) is 3.17. The molecule has 2 rings (SSSR count). The summed E-state index contributed by atoms with van der Waals surface area (Å²) in [5.41, 5.74) is 2.84. The molecule has 0 fully saturated rings. The Hall–Kier alpha value is -2.89. The SMILES string of the molecule is N#Cc1ccc(Nc2nc(NN)ccc2[N+](=O)[O-])c(Cl)c1. The molecule has 8 nitrogen and oxygen atoms in total. The van der Waals surface area contributed by atoms with Crippen molar-refractivity contribution in [1.82, 2.24) is 4.98 Å². The predicted octanol–water partition coefficient (Wildman–Crippen LogP) is 2.54. The second-order valence-corrected chi connectivity index (χ2v) is 4.30. The lowest BCUT2D eigenvalue weighted by Gasteiger charge is -2.09. The van der Waals surface area contributed by atoms with Crippen molar-refractivity contribution < 1.29 is 4.92 Å². The van der Waals surface area contributed by atoms with Crippen molar-refractivity contribution in [2.75, 3.05) is 10.7 Å². The Morgan fingerprint density at radius 1 is 1.38 bits per heavy atom. The molecule has 4 N–H and O–H groups in total. The Balaban J connectivity index is 2.43. The van der Waals surface area contributed by atoms with Gasteiger partial charge in [0.1, 0.15) is 5.82 Å². The van der Waals surface area contributed by atoms with Crippen molar-refractivity contribution in [3.63, 3.8) is 0 Å². The number of hydrogen-bond acceptors (Lipinski definition) is 7. The highest BCUT2D eigenvalue weighted by molar-refractivity contribution is 6.33. The van der Waals surface area contributed by atoms with Gasteiger partial charge in [0.05, 0.1) is 27.3 Å². The molecule has 0 aliphatic heterocycles. The lowest BCUT2D eigenvalue weighted by molar-refractivity contribution is -0.384. The Morgan fingerprint density at radius 2 is 2.14 bits per heavy atom. The summed E-state index contributed by atoms with van der Waals surface area (Å²) in [5.74, 6) is 5.48. The standard InChI is InChI=1S/C12H9ClN6O2/c13-8-5-7(6-14)1-2-9(8)16-12-10(19(20)21)3-4-11(17-12)18-15/h1-5H,15H2,(H2,16,17,18). The van der Waals surface area contributed by atoms with Gasteiger partial charge >= 0.3 is 5.69 Å². The maximum absolute atomic E-state index is 11.0. The number of nitrogen functional groups attached to an aromatic ring is 1. The van der Waals surface area contributed by atoms with Crippen LogP contribution in [0.3, 0.4) is 0 Å². The third-order valence-electron chi connectivity index (χ3n) is 2.57. The maximum atomic E-state index is 11.0. The molecule has 0 bridgehead atoms. The van der Waals surface area contributed by atoms with E-state index in [2.05, 4.69) is 15.7 Å². The molecule has 9 heteroatoms. The van der Waals surface area contributed by atoms with E-state index in [1.165, 1.54) is 30.3 Å². The van der Waals surface area contributed by atoms with E-state index in [1.807, 2.05) is 6.07 Å². The van der Waals surface area contributed by atoms with Gasteiger partial charge in [-0.1, -0.05) is 11.6 Å². The number of nitrogens with two attached hydrogens (primary N) is 1. The van der Waals surface area contributed by atoms with Crippen LogP contribution >= 0.6 is 11.6 Å². The Kier molecular flexibility index (Phi) is 4.18. The number of nitriles is 1. The third-order valence-corrected chi connectivity index (χ3v) is 2.88. The summed E-state index contributed by atoms with van der Waals surface area (Å²) < 4.78 is 0. The van der Waals surface area contributed by atoms with Crippen LogP contribution in [0.2, 0.25) is 5.02 Å². The lowest BCUT2D eigenvalue weighted by Crippen LogP contribution is -2.10. The van der Waals surface area contributed by atoms with Crippen molar-refractivity contribution in [3.8, 4) is 6.07 Å². The summed E-state index contributed by atoms with van der Waals surface area (Å²) >= 11 is 6.01. The fourth-order valence-corrected chi connectivity index (χ4v) is 1.81. The van der Waals surface area contributed by atoms with Gasteiger partial charge in [-0.15, -0.1) is 0 Å². The van der Waals surface area contributed by atoms with E-state index in [-0.39, 0.29) is 22.3 Å². The van der Waals surface area contributed by atoms with Crippen molar-refractivity contribution in [2.24, 2.45) is 5.84 Å². The number of benzene rings is 1. The summed E-state index contributed by atoms with van der Waals surface area (Å²) in [6, 6.07) is 9.10. The van der Waals surface area contributed by atoms with Gasteiger partial charge in [-0.3, -0.25) is 10.1 Å². The first-order valence-electron chi connectivity index (χ1n) is 5.64. The number of hydrazine groups is 1. The number of rotatable bonds is 4. The van der Waals surface area contributed by atoms with E-state index >= 15 is 0 Å². The molecular formula is C12H9ClN6O2. The first kappa shape index (κ1) is 14.5. The molecule has 106 valence electrons. The number of aromatic nitrogens is 1. The van der Waals surface area contributed by atoms with Gasteiger partial charge in [-0.2, -0.15) is 5.26 Å². The van der Waals surface area contributed by atoms with E-state index in [4.69, 9.17) is 22.7 Å². The summed E-state index contributed by atoms with van der Waals surface area (Å²) in [6.45, 7) is 0. The number of nitrogens with one attached hydrogen (secondary N) is 2. The fourth-order valence-electron chi connectivity index (χ4n) is 1.59. The molecule has 0 spiro atoms. The van der Waals surface area contributed by atoms with Crippen molar-refractivity contribution in [1.29, 1.82) is 5.26 Å². The molecule has 0 saturated heterocycles. The number of nitrogens with zero attached hydrogens (tertiary/aromatic N) is 3. The van der Waals surface area contributed by atoms with Crippen LogP contribution in [0.4, 0.5) is 23.0 Å². The average Bonchev–Trinajstić information content (AvgIpc) is 2.48. The number of hydrogen-bond donors (Lipinski definition) is 3. The highest BCUT2D eigenvalue weighted by atomic mass is 35.5. The minimum absolute atomic E-state index is 0.0120. The normalized spacial score (nSPS) is 9.76. The molecule has 2 aromatic rings. The fraction of sp³-hybridized carbons (Fsp3) is 0. The molecule has 0 aliphatic carbocycles. The van der Waals surface area contributed by atoms with Gasteiger partial charge in [0.15, 0.2) is 0 Å². The zero-order valence-corrected chi connectivity index (χ0v) is 11.3. The quantitative estimate of drug-likeness (QED) is 0.449. The monoisotopic (exact) mass is 304 g/mol. The van der Waals surface area contributed by atoms with E-state index < -0.39 is 4.92 Å². The van der Waals surface area contributed by atoms with E-state index in [9.17, 15) is 10.1 Å². The lowest BCUT2D eigenvalue weighted by atomic mass is 10.2. The van der Waals surface area contributed by atoms with E-state index in [1.54, 1.807) is 0 Å². The largest absolute Gasteiger partial charge is 0.333 e. The summed E-state index contributed by atoms with van der Waals surface area (Å²) in [4.78, 5) is 14.4. The van der Waals surface area contributed by atoms with Crippen LogP contribution in [-0.4, -0.2) is 9.91 Å². The van der Waals surface area contributed by atoms with Gasteiger partial charge in [0.25, 0.3) is 0 Å². The molecule has 21 heavy (non-hydrogen) atoms. The van der Waals surface area contributed by atoms with Crippen molar-refractivity contribution in [2.45, 2.75) is 0 Å². The summed E-state index contributed by atoms with van der Waals surface area (Å²) in [7, 11) is 0. The van der Waals surface area contributed by atoms with Crippen LogP contribution in [0.15, 0.2) is 30.3 Å². The molecule has 0 amide bonds. The minimum atomic E-state index is -0.576. The summed E-state index contributed by atoms with van der Waals surface area (Å²) in [5, 5.41) is 22.8. The molecule has 0 saturated carbocycles. The Morgan fingerprint density at radius 3 is 2.71 bits per heavy atom. The molecule has 0 radical (unpaired) electrons. The molecular weight excluding hydrogens is 296 g/mol. The van der Waals surface area contributed by atoms with Crippen LogP contribution in [0, 0.1) is 21.4 Å². The molecule has 1 aromatic carbocycles. The average molecular weight is 305 g/mol. The second-order valence-electron chi connectivity index (χ2n) is 3.90. The number of nitro groups is 1. The summed E-state index contributed by atoms with van der Waals surface area (Å²) in [6.07, 6.45) is 0. The zero-order valence-electron chi connectivity index (χ0n) is 10.5. The highest BCUT2D eigenvalue weighted by Gasteiger charge is 2.17. The first-order chi connectivity index (χ1) is 10.0. The maximum Gasteiger partial charge on any atom is 0.311 e. The second kappa shape index (κ2) is 6.04. The zero-order chi connectivity index (χ0) is 15.4. The van der Waals surface area contributed by atoms with Gasteiger partial charge in [0.2, 0.25) is 5.82 Å². The highest BCUT2D eigenvalue weighted by Crippen LogP contribution is 2.31. The molecule has 1 aromatic heterocycles. The van der Waals surface area contributed by atoms with Gasteiger partial charge in [-0.05, 0) is 24.3 Å². The Bertz CT molecular complexity index is 743. The van der Waals surface area contributed by atoms with Crippen LogP contribution in [0.1, 0.15) is 5.56 Å². The number of halogens is 1. The molecule has 0 unspecified atom stereocenters. The van der Waals surface area contributed by atoms with E-state index in [0.29, 0.717) is 11.3 Å². The van der Waals surface area contributed by atoms with Gasteiger partial charge in [-0.25, -0.2) is 10.8 Å². The van der Waals surface area contributed by atoms with Crippen LogP contribution in [-0.2, 0) is 0 Å². The van der Waals surface area contributed by atoms with Gasteiger partial charge in [0, 0.05) is 6.07 Å². The molecule has 1 heterocycles. The van der Waals surface area contributed by atoms with Crippen LogP contribution in [0.5, 0.6) is 0 Å². The first-order valence-corrected chi connectivity index (χ1v) is 6.01. The number of pyridine rings is 1. The molecule has 0 atom stereocenters. The minimum Gasteiger partial charge on any atom is -0.333 e. The van der Waals surface area contributed by atoms with Crippen LogP contribution in [0.25, 0.3) is 0 Å².